The highest BCUT2D eigenvalue weighted by atomic mass is 32.2. The largest absolute Gasteiger partial charge is 0.309 e. The first-order valence-electron chi connectivity index (χ1n) is 7.79. The van der Waals surface area contributed by atoms with Gasteiger partial charge in [-0.3, -0.25) is 4.79 Å². The number of nitrogens with one attached hydrogen (secondary N) is 1. The maximum Gasteiger partial charge on any atom is 0.243 e. The van der Waals surface area contributed by atoms with E-state index < -0.39 is 16.1 Å². The van der Waals surface area contributed by atoms with Crippen molar-refractivity contribution in [1.29, 1.82) is 0 Å². The SMILES string of the molecule is Cc1ccnc(NC(=O)C2CCCN2S(=O)(=O)c2ccccc2)c1. The lowest BCUT2D eigenvalue weighted by Crippen LogP contribution is -2.43. The highest BCUT2D eigenvalue weighted by molar-refractivity contribution is 7.89. The molecule has 2 aromatic rings. The number of carbonyl (C=O) groups excluding carboxylic acids is 1. The van der Waals surface area contributed by atoms with E-state index in [0.717, 1.165) is 5.56 Å². The minimum atomic E-state index is -3.68. The lowest BCUT2D eigenvalue weighted by atomic mass is 10.2. The van der Waals surface area contributed by atoms with Gasteiger partial charge in [0.1, 0.15) is 11.9 Å². The molecule has 2 heterocycles. The van der Waals surface area contributed by atoms with Gasteiger partial charge in [0.15, 0.2) is 0 Å². The quantitative estimate of drug-likeness (QED) is 0.921. The Morgan fingerprint density at radius 1 is 1.25 bits per heavy atom. The van der Waals surface area contributed by atoms with Crippen LogP contribution in [0.5, 0.6) is 0 Å². The predicted octanol–water partition coefficient (Wildman–Crippen LogP) is 2.18. The molecule has 0 bridgehead atoms. The fourth-order valence-electron chi connectivity index (χ4n) is 2.83. The maximum atomic E-state index is 12.8. The summed E-state index contributed by atoms with van der Waals surface area (Å²) in [6, 6.07) is 11.1. The number of rotatable bonds is 4. The van der Waals surface area contributed by atoms with Gasteiger partial charge < -0.3 is 5.32 Å². The topological polar surface area (TPSA) is 79.4 Å². The Labute approximate surface area is 141 Å². The van der Waals surface area contributed by atoms with E-state index in [-0.39, 0.29) is 10.8 Å². The van der Waals surface area contributed by atoms with Crippen molar-refractivity contribution >= 4 is 21.7 Å². The van der Waals surface area contributed by atoms with Crippen molar-refractivity contribution < 1.29 is 13.2 Å². The molecule has 0 radical (unpaired) electrons. The molecule has 1 atom stereocenters. The van der Waals surface area contributed by atoms with E-state index in [9.17, 15) is 13.2 Å². The van der Waals surface area contributed by atoms with E-state index in [1.807, 2.05) is 13.0 Å². The number of benzene rings is 1. The summed E-state index contributed by atoms with van der Waals surface area (Å²) in [4.78, 5) is 16.9. The summed E-state index contributed by atoms with van der Waals surface area (Å²) in [5.41, 5.74) is 0.973. The molecular formula is C17H19N3O3S. The first-order valence-corrected chi connectivity index (χ1v) is 9.23. The zero-order valence-electron chi connectivity index (χ0n) is 13.3. The maximum absolute atomic E-state index is 12.8. The van der Waals surface area contributed by atoms with Crippen LogP contribution < -0.4 is 5.32 Å². The molecule has 1 aliphatic rings. The molecule has 1 aromatic carbocycles. The summed E-state index contributed by atoms with van der Waals surface area (Å²) in [6.45, 7) is 2.25. The minimum Gasteiger partial charge on any atom is -0.309 e. The molecule has 1 aromatic heterocycles. The number of anilines is 1. The van der Waals surface area contributed by atoms with Gasteiger partial charge in [0, 0.05) is 12.7 Å². The lowest BCUT2D eigenvalue weighted by molar-refractivity contribution is -0.119. The van der Waals surface area contributed by atoms with Gasteiger partial charge in [-0.1, -0.05) is 18.2 Å². The molecular weight excluding hydrogens is 326 g/mol. The standard InChI is InChI=1S/C17H19N3O3S/c1-13-9-10-18-16(12-13)19-17(21)15-8-5-11-20(15)24(22,23)14-6-3-2-4-7-14/h2-4,6-7,9-10,12,15H,5,8,11H2,1H3,(H,18,19,21). The average molecular weight is 345 g/mol. The number of amides is 1. The summed E-state index contributed by atoms with van der Waals surface area (Å²) in [6.07, 6.45) is 2.77. The second kappa shape index (κ2) is 6.70. The molecule has 7 heteroatoms. The predicted molar refractivity (Wildman–Crippen MR) is 91.0 cm³/mol. The van der Waals surface area contributed by atoms with E-state index in [0.29, 0.717) is 25.2 Å². The van der Waals surface area contributed by atoms with Crippen LogP contribution in [0.4, 0.5) is 5.82 Å². The number of pyridine rings is 1. The molecule has 0 spiro atoms. The summed E-state index contributed by atoms with van der Waals surface area (Å²) in [5.74, 6) is 0.0917. The molecule has 1 amide bonds. The van der Waals surface area contributed by atoms with Crippen molar-refractivity contribution in [2.24, 2.45) is 0 Å². The van der Waals surface area contributed by atoms with Crippen LogP contribution in [0.3, 0.4) is 0 Å². The van der Waals surface area contributed by atoms with E-state index in [4.69, 9.17) is 0 Å². The molecule has 24 heavy (non-hydrogen) atoms. The van der Waals surface area contributed by atoms with Crippen LogP contribution in [0.15, 0.2) is 53.6 Å². The second-order valence-corrected chi connectivity index (χ2v) is 7.69. The summed E-state index contributed by atoms with van der Waals surface area (Å²) < 4.78 is 26.9. The highest BCUT2D eigenvalue weighted by Crippen LogP contribution is 2.26. The monoisotopic (exact) mass is 345 g/mol. The Morgan fingerprint density at radius 2 is 2.00 bits per heavy atom. The van der Waals surface area contributed by atoms with Crippen LogP contribution in [0, 0.1) is 6.92 Å². The van der Waals surface area contributed by atoms with Gasteiger partial charge in [0.25, 0.3) is 0 Å². The van der Waals surface area contributed by atoms with Crippen LogP contribution in [0.2, 0.25) is 0 Å². The minimum absolute atomic E-state index is 0.207. The molecule has 1 N–H and O–H groups in total. The second-order valence-electron chi connectivity index (χ2n) is 5.79. The summed E-state index contributed by atoms with van der Waals surface area (Å²) in [5, 5.41) is 2.72. The lowest BCUT2D eigenvalue weighted by Gasteiger charge is -2.23. The molecule has 1 aliphatic heterocycles. The molecule has 6 nitrogen and oxygen atoms in total. The number of hydrogen-bond acceptors (Lipinski definition) is 4. The van der Waals surface area contributed by atoms with E-state index >= 15 is 0 Å². The molecule has 1 saturated heterocycles. The zero-order valence-corrected chi connectivity index (χ0v) is 14.2. The van der Waals surface area contributed by atoms with Gasteiger partial charge in [0.05, 0.1) is 4.90 Å². The van der Waals surface area contributed by atoms with Crippen molar-refractivity contribution in [3.05, 3.63) is 54.2 Å². The van der Waals surface area contributed by atoms with Crippen LogP contribution in [0.25, 0.3) is 0 Å². The van der Waals surface area contributed by atoms with Crippen molar-refractivity contribution in [3.8, 4) is 0 Å². The number of carbonyl (C=O) groups is 1. The van der Waals surface area contributed by atoms with Crippen molar-refractivity contribution in [2.75, 3.05) is 11.9 Å². The van der Waals surface area contributed by atoms with Crippen molar-refractivity contribution in [2.45, 2.75) is 30.7 Å². The summed E-state index contributed by atoms with van der Waals surface area (Å²) >= 11 is 0. The normalized spacial score (nSPS) is 18.5. The van der Waals surface area contributed by atoms with Crippen LogP contribution in [-0.4, -0.2) is 36.2 Å². The molecule has 1 unspecified atom stereocenters. The van der Waals surface area contributed by atoms with Gasteiger partial charge in [-0.2, -0.15) is 4.31 Å². The molecule has 0 saturated carbocycles. The van der Waals surface area contributed by atoms with Gasteiger partial charge in [-0.05, 0) is 49.6 Å². The number of aryl methyl sites for hydroxylation is 1. The Morgan fingerprint density at radius 3 is 2.71 bits per heavy atom. The highest BCUT2D eigenvalue weighted by Gasteiger charge is 2.39. The van der Waals surface area contributed by atoms with Crippen LogP contribution in [-0.2, 0) is 14.8 Å². The van der Waals surface area contributed by atoms with E-state index in [1.54, 1.807) is 42.6 Å². The van der Waals surface area contributed by atoms with Gasteiger partial charge in [0.2, 0.25) is 15.9 Å². The first-order chi connectivity index (χ1) is 11.5. The third-order valence-electron chi connectivity index (χ3n) is 4.02. The third kappa shape index (κ3) is 3.32. The van der Waals surface area contributed by atoms with Gasteiger partial charge in [-0.15, -0.1) is 0 Å². The Bertz CT molecular complexity index is 837. The Kier molecular flexibility index (Phi) is 4.64. The molecule has 0 aliphatic carbocycles. The fraction of sp³-hybridized carbons (Fsp3) is 0.294. The summed E-state index contributed by atoms with van der Waals surface area (Å²) in [7, 11) is -3.68. The smallest absolute Gasteiger partial charge is 0.243 e. The number of aromatic nitrogens is 1. The van der Waals surface area contributed by atoms with Crippen LogP contribution >= 0.6 is 0 Å². The molecule has 126 valence electrons. The van der Waals surface area contributed by atoms with E-state index in [2.05, 4.69) is 10.3 Å². The molecule has 3 rings (SSSR count). The average Bonchev–Trinajstić information content (AvgIpc) is 3.06. The number of hydrogen-bond donors (Lipinski definition) is 1. The Hall–Kier alpha value is -2.25. The molecule has 1 fully saturated rings. The van der Waals surface area contributed by atoms with Gasteiger partial charge in [-0.25, -0.2) is 13.4 Å². The fourth-order valence-corrected chi connectivity index (χ4v) is 4.51. The van der Waals surface area contributed by atoms with E-state index in [1.165, 1.54) is 4.31 Å². The number of sulfonamides is 1. The Balaban J connectivity index is 1.81. The van der Waals surface area contributed by atoms with Crippen molar-refractivity contribution in [1.82, 2.24) is 9.29 Å². The van der Waals surface area contributed by atoms with Gasteiger partial charge >= 0.3 is 0 Å². The zero-order chi connectivity index (χ0) is 17.2. The first kappa shape index (κ1) is 16.6. The third-order valence-corrected chi connectivity index (χ3v) is 5.95. The van der Waals surface area contributed by atoms with Crippen LogP contribution in [0.1, 0.15) is 18.4 Å². The van der Waals surface area contributed by atoms with Crippen molar-refractivity contribution in [3.63, 3.8) is 0 Å². The number of nitrogens with zero attached hydrogens (tertiary/aromatic N) is 2.